The number of rotatable bonds is 3. The predicted molar refractivity (Wildman–Crippen MR) is 83.9 cm³/mol. The largest absolute Gasteiger partial charge is 0.349 e. The second-order valence-electron chi connectivity index (χ2n) is 5.24. The molecule has 1 aromatic carbocycles. The Morgan fingerprint density at radius 1 is 1.33 bits per heavy atom. The number of halogens is 1. The molecule has 1 heterocycles. The molecule has 0 unspecified atom stereocenters. The van der Waals surface area contributed by atoms with Crippen LogP contribution in [0.25, 0.3) is 5.69 Å². The van der Waals surface area contributed by atoms with Gasteiger partial charge in [0.15, 0.2) is 0 Å². The van der Waals surface area contributed by atoms with E-state index in [1.165, 1.54) is 0 Å². The molecule has 2 aromatic rings. The van der Waals surface area contributed by atoms with Crippen LogP contribution in [0.15, 0.2) is 42.7 Å². The zero-order chi connectivity index (χ0) is 13.9. The summed E-state index contributed by atoms with van der Waals surface area (Å²) in [5, 5.41) is 7.22. The number of aromatic nitrogens is 2. The van der Waals surface area contributed by atoms with Crippen molar-refractivity contribution in [2.24, 2.45) is 5.73 Å². The Labute approximate surface area is 129 Å². The smallest absolute Gasteiger partial charge is 0.251 e. The van der Waals surface area contributed by atoms with E-state index in [4.69, 9.17) is 5.73 Å². The molecule has 5 nitrogen and oxygen atoms in total. The molecule has 1 saturated carbocycles. The number of carbonyl (C=O) groups is 1. The number of nitrogens with one attached hydrogen (secondary N) is 1. The maximum atomic E-state index is 12.2. The van der Waals surface area contributed by atoms with Gasteiger partial charge >= 0.3 is 0 Å². The van der Waals surface area contributed by atoms with Crippen LogP contribution in [-0.4, -0.2) is 27.8 Å². The number of amides is 1. The number of carbonyl (C=O) groups excluding carboxylic acids is 1. The fourth-order valence-corrected chi connectivity index (χ4v) is 2.63. The summed E-state index contributed by atoms with van der Waals surface area (Å²) < 4.78 is 1.74. The van der Waals surface area contributed by atoms with Crippen molar-refractivity contribution in [2.45, 2.75) is 31.3 Å². The summed E-state index contributed by atoms with van der Waals surface area (Å²) in [5.41, 5.74) is 7.40. The molecular formula is C15H19ClN4O. The predicted octanol–water partition coefficient (Wildman–Crippen LogP) is 1.90. The third kappa shape index (κ3) is 3.62. The Morgan fingerprint density at radius 3 is 2.86 bits per heavy atom. The Kier molecular flexibility index (Phi) is 4.98. The summed E-state index contributed by atoms with van der Waals surface area (Å²) in [7, 11) is 0. The first-order valence-corrected chi connectivity index (χ1v) is 6.89. The molecular weight excluding hydrogens is 288 g/mol. The van der Waals surface area contributed by atoms with Crippen molar-refractivity contribution in [3.05, 3.63) is 48.3 Å². The summed E-state index contributed by atoms with van der Waals surface area (Å²) in [6.07, 6.45) is 6.38. The van der Waals surface area contributed by atoms with Gasteiger partial charge in [-0.1, -0.05) is 6.07 Å². The van der Waals surface area contributed by atoms with Crippen molar-refractivity contribution in [3.8, 4) is 5.69 Å². The van der Waals surface area contributed by atoms with Crippen LogP contribution in [0.1, 0.15) is 29.6 Å². The average molecular weight is 307 g/mol. The van der Waals surface area contributed by atoms with E-state index in [0.29, 0.717) is 5.56 Å². The van der Waals surface area contributed by atoms with Gasteiger partial charge in [0.25, 0.3) is 5.91 Å². The lowest BCUT2D eigenvalue weighted by atomic mass is 10.1. The summed E-state index contributed by atoms with van der Waals surface area (Å²) in [5.74, 6) is -0.0434. The zero-order valence-electron chi connectivity index (χ0n) is 11.6. The molecule has 1 fully saturated rings. The van der Waals surface area contributed by atoms with Crippen LogP contribution in [0.3, 0.4) is 0 Å². The minimum atomic E-state index is -0.0434. The first-order valence-electron chi connectivity index (χ1n) is 6.89. The number of benzene rings is 1. The molecule has 1 amide bonds. The van der Waals surface area contributed by atoms with E-state index in [2.05, 4.69) is 10.4 Å². The van der Waals surface area contributed by atoms with E-state index >= 15 is 0 Å². The molecule has 6 heteroatoms. The SMILES string of the molecule is Cl.N[C@@H]1CC[C@@H](NC(=O)c2cccc(-n3cccn3)c2)C1. The lowest BCUT2D eigenvalue weighted by Gasteiger charge is -2.13. The molecule has 21 heavy (non-hydrogen) atoms. The maximum absolute atomic E-state index is 12.2. The van der Waals surface area contributed by atoms with Crippen LogP contribution >= 0.6 is 12.4 Å². The Morgan fingerprint density at radius 2 is 2.19 bits per heavy atom. The van der Waals surface area contributed by atoms with Gasteiger partial charge in [-0.15, -0.1) is 12.4 Å². The maximum Gasteiger partial charge on any atom is 0.251 e. The summed E-state index contributed by atoms with van der Waals surface area (Å²) in [6, 6.07) is 9.73. The highest BCUT2D eigenvalue weighted by Crippen LogP contribution is 2.18. The second kappa shape index (κ2) is 6.74. The normalized spacial score (nSPS) is 20.8. The van der Waals surface area contributed by atoms with Gasteiger partial charge in [-0.3, -0.25) is 4.79 Å². The van der Waals surface area contributed by atoms with Crippen molar-refractivity contribution in [3.63, 3.8) is 0 Å². The van der Waals surface area contributed by atoms with Crippen LogP contribution in [0, 0.1) is 0 Å². The van der Waals surface area contributed by atoms with Gasteiger partial charge in [0.2, 0.25) is 0 Å². The molecule has 3 rings (SSSR count). The summed E-state index contributed by atoms with van der Waals surface area (Å²) in [6.45, 7) is 0. The van der Waals surface area contributed by atoms with E-state index in [9.17, 15) is 4.79 Å². The van der Waals surface area contributed by atoms with Gasteiger partial charge in [0.05, 0.1) is 5.69 Å². The number of nitrogens with two attached hydrogens (primary N) is 1. The third-order valence-corrected chi connectivity index (χ3v) is 3.69. The fraction of sp³-hybridized carbons (Fsp3) is 0.333. The highest BCUT2D eigenvalue weighted by molar-refractivity contribution is 5.94. The molecule has 0 bridgehead atoms. The van der Waals surface area contributed by atoms with Crippen molar-refractivity contribution < 1.29 is 4.79 Å². The van der Waals surface area contributed by atoms with Crippen molar-refractivity contribution in [1.82, 2.24) is 15.1 Å². The molecule has 1 aromatic heterocycles. The highest BCUT2D eigenvalue weighted by Gasteiger charge is 2.23. The van der Waals surface area contributed by atoms with E-state index < -0.39 is 0 Å². The number of hydrogen-bond acceptors (Lipinski definition) is 3. The first-order chi connectivity index (χ1) is 9.72. The van der Waals surface area contributed by atoms with E-state index in [1.807, 2.05) is 36.5 Å². The number of nitrogens with zero attached hydrogens (tertiary/aromatic N) is 2. The van der Waals surface area contributed by atoms with Gasteiger partial charge in [-0.2, -0.15) is 5.10 Å². The molecule has 0 aliphatic heterocycles. The molecule has 1 aliphatic carbocycles. The third-order valence-electron chi connectivity index (χ3n) is 3.69. The quantitative estimate of drug-likeness (QED) is 0.909. The van der Waals surface area contributed by atoms with E-state index in [1.54, 1.807) is 10.9 Å². The summed E-state index contributed by atoms with van der Waals surface area (Å²) >= 11 is 0. The lowest BCUT2D eigenvalue weighted by molar-refractivity contribution is 0.0937. The molecule has 0 radical (unpaired) electrons. The molecule has 112 valence electrons. The Balaban J connectivity index is 0.00000161. The molecule has 2 atom stereocenters. The number of hydrogen-bond donors (Lipinski definition) is 2. The van der Waals surface area contributed by atoms with E-state index in [0.717, 1.165) is 24.9 Å². The molecule has 1 aliphatic rings. The summed E-state index contributed by atoms with van der Waals surface area (Å²) in [4.78, 5) is 12.2. The highest BCUT2D eigenvalue weighted by atomic mass is 35.5. The minimum absolute atomic E-state index is 0. The zero-order valence-corrected chi connectivity index (χ0v) is 12.4. The standard InChI is InChI=1S/C15H18N4O.ClH/c16-12-5-6-13(10-12)18-15(20)11-3-1-4-14(9-11)19-8-2-7-17-19;/h1-4,7-9,12-13H,5-6,10,16H2,(H,18,20);1H/t12-,13-;/m1./s1. The second-order valence-corrected chi connectivity index (χ2v) is 5.24. The minimum Gasteiger partial charge on any atom is -0.349 e. The van der Waals surface area contributed by atoms with Crippen molar-refractivity contribution in [2.75, 3.05) is 0 Å². The van der Waals surface area contributed by atoms with Crippen molar-refractivity contribution >= 4 is 18.3 Å². The van der Waals surface area contributed by atoms with Gasteiger partial charge in [-0.25, -0.2) is 4.68 Å². The average Bonchev–Trinajstić information content (AvgIpc) is 3.11. The van der Waals surface area contributed by atoms with Crippen LogP contribution in [0.5, 0.6) is 0 Å². The van der Waals surface area contributed by atoms with Crippen LogP contribution in [0.2, 0.25) is 0 Å². The van der Waals surface area contributed by atoms with Gasteiger partial charge in [-0.05, 0) is 43.5 Å². The molecule has 0 spiro atoms. The van der Waals surface area contributed by atoms with Gasteiger partial charge in [0.1, 0.15) is 0 Å². The van der Waals surface area contributed by atoms with Gasteiger partial charge in [0, 0.05) is 30.0 Å². The van der Waals surface area contributed by atoms with Crippen LogP contribution < -0.4 is 11.1 Å². The molecule has 0 saturated heterocycles. The van der Waals surface area contributed by atoms with Crippen LogP contribution in [0.4, 0.5) is 0 Å². The Hall–Kier alpha value is -1.85. The lowest BCUT2D eigenvalue weighted by Crippen LogP contribution is -2.34. The van der Waals surface area contributed by atoms with E-state index in [-0.39, 0.29) is 30.4 Å². The fourth-order valence-electron chi connectivity index (χ4n) is 2.63. The topological polar surface area (TPSA) is 72.9 Å². The Bertz CT molecular complexity index is 599. The van der Waals surface area contributed by atoms with Crippen molar-refractivity contribution in [1.29, 1.82) is 0 Å². The monoisotopic (exact) mass is 306 g/mol. The van der Waals surface area contributed by atoms with Crippen LogP contribution in [-0.2, 0) is 0 Å². The first kappa shape index (κ1) is 15.5. The van der Waals surface area contributed by atoms with Gasteiger partial charge < -0.3 is 11.1 Å². The molecule has 3 N–H and O–H groups in total.